The number of aromatic nitrogens is 2. The van der Waals surface area contributed by atoms with Gasteiger partial charge in [0.25, 0.3) is 0 Å². The van der Waals surface area contributed by atoms with Gasteiger partial charge in [-0.3, -0.25) is 4.79 Å². The fraction of sp³-hybridized carbons (Fsp3) is 0.545. The van der Waals surface area contributed by atoms with E-state index in [4.69, 9.17) is 11.5 Å². The summed E-state index contributed by atoms with van der Waals surface area (Å²) in [5, 5.41) is 0. The number of carbonyl (C=O) groups is 1. The van der Waals surface area contributed by atoms with E-state index in [2.05, 4.69) is 9.97 Å². The standard InChI is InChI=1S/C11H16FN5O/c12-8-5-15-11(14)16-10(8)17(6-9(13)18)7-3-1-2-4-7/h5,7H,1-4,6H2,(H2,13,18)(H2,14,15,16). The smallest absolute Gasteiger partial charge is 0.237 e. The van der Waals surface area contributed by atoms with Crippen LogP contribution in [0.25, 0.3) is 0 Å². The Hall–Kier alpha value is -1.92. The Morgan fingerprint density at radius 2 is 2.17 bits per heavy atom. The van der Waals surface area contributed by atoms with Gasteiger partial charge in [0.15, 0.2) is 11.6 Å². The van der Waals surface area contributed by atoms with E-state index in [-0.39, 0.29) is 24.4 Å². The Morgan fingerprint density at radius 1 is 1.50 bits per heavy atom. The number of nitrogens with two attached hydrogens (primary N) is 2. The van der Waals surface area contributed by atoms with Crippen LogP contribution in [0.4, 0.5) is 16.2 Å². The lowest BCUT2D eigenvalue weighted by Gasteiger charge is -2.28. The Morgan fingerprint density at radius 3 is 2.78 bits per heavy atom. The molecular formula is C11H16FN5O. The van der Waals surface area contributed by atoms with E-state index in [1.165, 1.54) is 0 Å². The number of primary amides is 1. The van der Waals surface area contributed by atoms with Gasteiger partial charge in [0.1, 0.15) is 0 Å². The number of halogens is 1. The molecule has 7 heteroatoms. The molecule has 0 spiro atoms. The van der Waals surface area contributed by atoms with Gasteiger partial charge in [-0.25, -0.2) is 9.37 Å². The SMILES string of the molecule is NC(=O)CN(c1nc(N)ncc1F)C1CCCC1. The number of anilines is 2. The molecule has 6 nitrogen and oxygen atoms in total. The lowest BCUT2D eigenvalue weighted by Crippen LogP contribution is -2.41. The fourth-order valence-corrected chi connectivity index (χ4v) is 2.33. The lowest BCUT2D eigenvalue weighted by molar-refractivity contribution is -0.116. The molecule has 1 amide bonds. The maximum atomic E-state index is 13.7. The van der Waals surface area contributed by atoms with Crippen molar-refractivity contribution in [1.82, 2.24) is 9.97 Å². The van der Waals surface area contributed by atoms with Gasteiger partial charge >= 0.3 is 0 Å². The van der Waals surface area contributed by atoms with E-state index in [1.807, 2.05) is 0 Å². The quantitative estimate of drug-likeness (QED) is 0.811. The van der Waals surface area contributed by atoms with Crippen LogP contribution in [-0.4, -0.2) is 28.5 Å². The highest BCUT2D eigenvalue weighted by Gasteiger charge is 2.27. The van der Waals surface area contributed by atoms with E-state index in [0.717, 1.165) is 31.9 Å². The third-order valence-corrected chi connectivity index (χ3v) is 3.11. The summed E-state index contributed by atoms with van der Waals surface area (Å²) in [4.78, 5) is 20.2. The fourth-order valence-electron chi connectivity index (χ4n) is 2.33. The van der Waals surface area contributed by atoms with Crippen LogP contribution in [0.1, 0.15) is 25.7 Å². The second-order valence-electron chi connectivity index (χ2n) is 4.43. The van der Waals surface area contributed by atoms with Crippen molar-refractivity contribution in [3.05, 3.63) is 12.0 Å². The van der Waals surface area contributed by atoms with Gasteiger partial charge < -0.3 is 16.4 Å². The number of amides is 1. The highest BCUT2D eigenvalue weighted by Crippen LogP contribution is 2.28. The third kappa shape index (κ3) is 2.66. The highest BCUT2D eigenvalue weighted by atomic mass is 19.1. The number of nitrogen functional groups attached to an aromatic ring is 1. The third-order valence-electron chi connectivity index (χ3n) is 3.11. The van der Waals surface area contributed by atoms with Gasteiger partial charge in [0, 0.05) is 6.04 Å². The minimum atomic E-state index is -0.586. The van der Waals surface area contributed by atoms with Crippen LogP contribution in [0.15, 0.2) is 6.20 Å². The summed E-state index contributed by atoms with van der Waals surface area (Å²) < 4.78 is 13.7. The van der Waals surface area contributed by atoms with Crippen molar-refractivity contribution in [2.75, 3.05) is 17.2 Å². The van der Waals surface area contributed by atoms with Crippen LogP contribution < -0.4 is 16.4 Å². The minimum Gasteiger partial charge on any atom is -0.368 e. The molecule has 18 heavy (non-hydrogen) atoms. The van der Waals surface area contributed by atoms with Crippen molar-refractivity contribution in [2.24, 2.45) is 5.73 Å². The molecule has 0 radical (unpaired) electrons. The maximum absolute atomic E-state index is 13.7. The van der Waals surface area contributed by atoms with Gasteiger partial charge in [0.05, 0.1) is 12.7 Å². The van der Waals surface area contributed by atoms with Crippen LogP contribution in [0.2, 0.25) is 0 Å². The molecule has 0 aromatic carbocycles. The zero-order chi connectivity index (χ0) is 13.1. The summed E-state index contributed by atoms with van der Waals surface area (Å²) in [6, 6.07) is 0.0845. The summed E-state index contributed by atoms with van der Waals surface area (Å²) in [6.45, 7) is -0.0575. The Bertz CT molecular complexity index is 447. The zero-order valence-corrected chi connectivity index (χ0v) is 9.97. The first kappa shape index (κ1) is 12.5. The summed E-state index contributed by atoms with van der Waals surface area (Å²) in [5.74, 6) is -1.05. The van der Waals surface area contributed by atoms with Crippen molar-refractivity contribution < 1.29 is 9.18 Å². The molecule has 1 fully saturated rings. The van der Waals surface area contributed by atoms with E-state index in [1.54, 1.807) is 4.90 Å². The first-order valence-electron chi connectivity index (χ1n) is 5.91. The summed E-state index contributed by atoms with van der Waals surface area (Å²) >= 11 is 0. The van der Waals surface area contributed by atoms with Gasteiger partial charge in [0.2, 0.25) is 11.9 Å². The van der Waals surface area contributed by atoms with Crippen molar-refractivity contribution in [3.8, 4) is 0 Å². The second-order valence-corrected chi connectivity index (χ2v) is 4.43. The number of rotatable bonds is 4. The summed E-state index contributed by atoms with van der Waals surface area (Å²) in [5.41, 5.74) is 10.7. The Labute approximate surface area is 104 Å². The molecule has 1 aliphatic rings. The molecule has 2 rings (SSSR count). The molecule has 0 bridgehead atoms. The number of carbonyl (C=O) groups excluding carboxylic acids is 1. The van der Waals surface area contributed by atoms with Gasteiger partial charge in [-0.1, -0.05) is 12.8 Å². The summed E-state index contributed by atoms with van der Waals surface area (Å²) in [7, 11) is 0. The van der Waals surface area contributed by atoms with Crippen LogP contribution in [0.3, 0.4) is 0 Å². The predicted octanol–water partition coefficient (Wildman–Crippen LogP) is 0.432. The van der Waals surface area contributed by atoms with Crippen LogP contribution in [-0.2, 0) is 4.79 Å². The monoisotopic (exact) mass is 253 g/mol. The number of nitrogens with zero attached hydrogens (tertiary/aromatic N) is 3. The summed E-state index contributed by atoms with van der Waals surface area (Å²) in [6.07, 6.45) is 4.93. The lowest BCUT2D eigenvalue weighted by atomic mass is 10.2. The molecule has 0 unspecified atom stereocenters. The number of hydrogen-bond donors (Lipinski definition) is 2. The Kier molecular flexibility index (Phi) is 3.59. The molecule has 1 saturated carbocycles. The highest BCUT2D eigenvalue weighted by molar-refractivity contribution is 5.79. The molecule has 0 saturated heterocycles. The van der Waals surface area contributed by atoms with Crippen LogP contribution >= 0.6 is 0 Å². The van der Waals surface area contributed by atoms with Crippen molar-refractivity contribution in [1.29, 1.82) is 0 Å². The van der Waals surface area contributed by atoms with Crippen molar-refractivity contribution in [3.63, 3.8) is 0 Å². The normalized spacial score (nSPS) is 15.8. The molecule has 0 atom stereocenters. The number of hydrogen-bond acceptors (Lipinski definition) is 5. The maximum Gasteiger partial charge on any atom is 0.237 e. The molecule has 1 aliphatic carbocycles. The molecule has 1 heterocycles. The van der Waals surface area contributed by atoms with Crippen molar-refractivity contribution >= 4 is 17.7 Å². The first-order valence-corrected chi connectivity index (χ1v) is 5.91. The van der Waals surface area contributed by atoms with E-state index >= 15 is 0 Å². The second kappa shape index (κ2) is 5.16. The van der Waals surface area contributed by atoms with Crippen LogP contribution in [0.5, 0.6) is 0 Å². The topological polar surface area (TPSA) is 98.1 Å². The van der Waals surface area contributed by atoms with Gasteiger partial charge in [-0.05, 0) is 12.8 Å². The average Bonchev–Trinajstić information content (AvgIpc) is 2.82. The predicted molar refractivity (Wildman–Crippen MR) is 65.2 cm³/mol. The molecule has 98 valence electrons. The van der Waals surface area contributed by atoms with Crippen molar-refractivity contribution in [2.45, 2.75) is 31.7 Å². The molecule has 1 aromatic rings. The molecular weight excluding hydrogens is 237 g/mol. The van der Waals surface area contributed by atoms with E-state index in [0.29, 0.717) is 0 Å². The Balaban J connectivity index is 2.31. The van der Waals surface area contributed by atoms with Gasteiger partial charge in [-0.15, -0.1) is 0 Å². The minimum absolute atomic E-state index is 0.0149. The molecule has 0 aliphatic heterocycles. The average molecular weight is 253 g/mol. The molecule has 1 aromatic heterocycles. The van der Waals surface area contributed by atoms with E-state index < -0.39 is 11.7 Å². The largest absolute Gasteiger partial charge is 0.368 e. The van der Waals surface area contributed by atoms with E-state index in [9.17, 15) is 9.18 Å². The first-order chi connectivity index (χ1) is 8.58. The zero-order valence-electron chi connectivity index (χ0n) is 9.97. The van der Waals surface area contributed by atoms with Gasteiger partial charge in [-0.2, -0.15) is 4.98 Å². The van der Waals surface area contributed by atoms with Crippen LogP contribution in [0, 0.1) is 5.82 Å². The molecule has 4 N–H and O–H groups in total.